The Morgan fingerprint density at radius 2 is 2.41 bits per heavy atom. The van der Waals surface area contributed by atoms with Gasteiger partial charge in [-0.1, -0.05) is 0 Å². The molecule has 0 bridgehead atoms. The number of aromatic nitrogens is 2. The Labute approximate surface area is 97.8 Å². The highest BCUT2D eigenvalue weighted by atomic mass is 16.3. The van der Waals surface area contributed by atoms with Crippen LogP contribution in [0.5, 0.6) is 0 Å². The van der Waals surface area contributed by atoms with Crippen LogP contribution < -0.4 is 10.6 Å². The van der Waals surface area contributed by atoms with Gasteiger partial charge in [0.15, 0.2) is 0 Å². The van der Waals surface area contributed by atoms with Gasteiger partial charge in [0.1, 0.15) is 0 Å². The van der Waals surface area contributed by atoms with E-state index < -0.39 is 11.8 Å². The van der Waals surface area contributed by atoms with Gasteiger partial charge in [0, 0.05) is 19.2 Å². The molecule has 3 N–H and O–H groups in total. The zero-order valence-electron chi connectivity index (χ0n) is 9.24. The van der Waals surface area contributed by atoms with Crippen LogP contribution in [0.3, 0.4) is 0 Å². The molecule has 17 heavy (non-hydrogen) atoms. The fourth-order valence-corrected chi connectivity index (χ4v) is 1.86. The SMILES string of the molecule is NC(=O)C1CC(=O)N(c2cnn(CCO)c2)C1. The first kappa shape index (κ1) is 11.6. The van der Waals surface area contributed by atoms with E-state index >= 15 is 0 Å². The summed E-state index contributed by atoms with van der Waals surface area (Å²) in [5.74, 6) is -1.01. The number of carbonyl (C=O) groups is 2. The number of nitrogens with zero attached hydrogens (tertiary/aromatic N) is 3. The lowest BCUT2D eigenvalue weighted by Crippen LogP contribution is -2.28. The van der Waals surface area contributed by atoms with Gasteiger partial charge in [-0.25, -0.2) is 0 Å². The fraction of sp³-hybridized carbons (Fsp3) is 0.500. The molecule has 0 saturated carbocycles. The van der Waals surface area contributed by atoms with Crippen molar-refractivity contribution in [3.63, 3.8) is 0 Å². The van der Waals surface area contributed by atoms with Crippen LogP contribution >= 0.6 is 0 Å². The Kier molecular flexibility index (Phi) is 3.10. The van der Waals surface area contributed by atoms with Crippen LogP contribution in [0.25, 0.3) is 0 Å². The summed E-state index contributed by atoms with van der Waals surface area (Å²) in [5.41, 5.74) is 5.81. The molecular formula is C10H14N4O3. The molecule has 1 atom stereocenters. The Hall–Kier alpha value is -1.89. The standard InChI is InChI=1S/C10H14N4O3/c11-10(17)7-3-9(16)14(5-7)8-4-12-13(6-8)1-2-15/h4,6-7,15H,1-3,5H2,(H2,11,17). The predicted molar refractivity (Wildman–Crippen MR) is 59.0 cm³/mol. The summed E-state index contributed by atoms with van der Waals surface area (Å²) < 4.78 is 1.54. The van der Waals surface area contributed by atoms with Crippen LogP contribution in [0, 0.1) is 5.92 Å². The van der Waals surface area contributed by atoms with E-state index in [1.165, 1.54) is 11.1 Å². The van der Waals surface area contributed by atoms with Crippen molar-refractivity contribution in [2.45, 2.75) is 13.0 Å². The molecule has 0 radical (unpaired) electrons. The van der Waals surface area contributed by atoms with Crippen molar-refractivity contribution in [1.29, 1.82) is 0 Å². The van der Waals surface area contributed by atoms with Crippen molar-refractivity contribution in [2.75, 3.05) is 18.1 Å². The van der Waals surface area contributed by atoms with Crippen molar-refractivity contribution >= 4 is 17.5 Å². The minimum atomic E-state index is -0.455. The Morgan fingerprint density at radius 3 is 3.00 bits per heavy atom. The molecule has 0 spiro atoms. The van der Waals surface area contributed by atoms with Gasteiger partial charge in [-0.15, -0.1) is 0 Å². The zero-order chi connectivity index (χ0) is 12.4. The third-order valence-corrected chi connectivity index (χ3v) is 2.79. The molecule has 7 heteroatoms. The molecule has 1 saturated heterocycles. The van der Waals surface area contributed by atoms with E-state index in [1.807, 2.05) is 0 Å². The molecule has 2 heterocycles. The third-order valence-electron chi connectivity index (χ3n) is 2.79. The summed E-state index contributed by atoms with van der Waals surface area (Å²) >= 11 is 0. The van der Waals surface area contributed by atoms with Crippen LogP contribution in [0.2, 0.25) is 0 Å². The number of aliphatic hydroxyl groups excluding tert-OH is 1. The van der Waals surface area contributed by atoms with E-state index in [1.54, 1.807) is 10.9 Å². The summed E-state index contributed by atoms with van der Waals surface area (Å²) in [5, 5.41) is 12.8. The number of carbonyl (C=O) groups excluding carboxylic acids is 2. The second-order valence-corrected chi connectivity index (χ2v) is 3.99. The zero-order valence-corrected chi connectivity index (χ0v) is 9.24. The lowest BCUT2D eigenvalue weighted by Gasteiger charge is -2.12. The Bertz CT molecular complexity index is 443. The van der Waals surface area contributed by atoms with Crippen molar-refractivity contribution in [3.8, 4) is 0 Å². The van der Waals surface area contributed by atoms with Gasteiger partial charge in [0.05, 0.1) is 31.0 Å². The minimum Gasteiger partial charge on any atom is -0.394 e. The maximum atomic E-state index is 11.7. The number of hydrogen-bond acceptors (Lipinski definition) is 4. The van der Waals surface area contributed by atoms with Gasteiger partial charge < -0.3 is 15.7 Å². The van der Waals surface area contributed by atoms with Crippen LogP contribution in [-0.2, 0) is 16.1 Å². The van der Waals surface area contributed by atoms with Gasteiger partial charge in [-0.05, 0) is 0 Å². The molecule has 2 rings (SSSR count). The molecular weight excluding hydrogens is 224 g/mol. The number of primary amides is 1. The molecule has 1 unspecified atom stereocenters. The lowest BCUT2D eigenvalue weighted by atomic mass is 10.1. The highest BCUT2D eigenvalue weighted by Gasteiger charge is 2.34. The molecule has 0 aliphatic carbocycles. The van der Waals surface area contributed by atoms with Crippen molar-refractivity contribution in [1.82, 2.24) is 9.78 Å². The Morgan fingerprint density at radius 1 is 1.65 bits per heavy atom. The lowest BCUT2D eigenvalue weighted by molar-refractivity contribution is -0.123. The summed E-state index contributed by atoms with van der Waals surface area (Å²) in [7, 11) is 0. The molecule has 2 amide bonds. The number of nitrogens with two attached hydrogens (primary N) is 1. The fourth-order valence-electron chi connectivity index (χ4n) is 1.86. The first-order valence-electron chi connectivity index (χ1n) is 5.35. The van der Waals surface area contributed by atoms with Gasteiger partial charge in [0.2, 0.25) is 11.8 Å². The first-order valence-corrected chi connectivity index (χ1v) is 5.35. The number of rotatable bonds is 4. The van der Waals surface area contributed by atoms with Crippen LogP contribution in [0.4, 0.5) is 5.69 Å². The van der Waals surface area contributed by atoms with Gasteiger partial charge >= 0.3 is 0 Å². The number of anilines is 1. The monoisotopic (exact) mass is 238 g/mol. The van der Waals surface area contributed by atoms with E-state index in [0.29, 0.717) is 18.8 Å². The van der Waals surface area contributed by atoms with E-state index in [2.05, 4.69) is 5.10 Å². The summed E-state index contributed by atoms with van der Waals surface area (Å²) in [4.78, 5) is 24.2. The number of aliphatic hydroxyl groups is 1. The molecule has 1 fully saturated rings. The van der Waals surface area contributed by atoms with E-state index in [0.717, 1.165) is 0 Å². The van der Waals surface area contributed by atoms with Crippen molar-refractivity contribution < 1.29 is 14.7 Å². The molecule has 1 aromatic heterocycles. The smallest absolute Gasteiger partial charge is 0.227 e. The number of amides is 2. The largest absolute Gasteiger partial charge is 0.394 e. The highest BCUT2D eigenvalue weighted by molar-refractivity contribution is 5.99. The molecule has 0 aromatic carbocycles. The first-order chi connectivity index (χ1) is 8.11. The third kappa shape index (κ3) is 2.28. The Balaban J connectivity index is 2.11. The maximum Gasteiger partial charge on any atom is 0.227 e. The average Bonchev–Trinajstić information content (AvgIpc) is 2.85. The van der Waals surface area contributed by atoms with Crippen LogP contribution in [0.15, 0.2) is 12.4 Å². The summed E-state index contributed by atoms with van der Waals surface area (Å²) in [6, 6.07) is 0. The second kappa shape index (κ2) is 4.54. The van der Waals surface area contributed by atoms with Crippen molar-refractivity contribution in [3.05, 3.63) is 12.4 Å². The average molecular weight is 238 g/mol. The van der Waals surface area contributed by atoms with E-state index in [9.17, 15) is 9.59 Å². The van der Waals surface area contributed by atoms with Gasteiger partial charge in [0.25, 0.3) is 0 Å². The number of hydrogen-bond donors (Lipinski definition) is 2. The maximum absolute atomic E-state index is 11.7. The van der Waals surface area contributed by atoms with Crippen LogP contribution in [0.1, 0.15) is 6.42 Å². The minimum absolute atomic E-state index is 0.0149. The summed E-state index contributed by atoms with van der Waals surface area (Å²) in [6.07, 6.45) is 3.36. The van der Waals surface area contributed by atoms with Crippen molar-refractivity contribution in [2.24, 2.45) is 11.7 Å². The quantitative estimate of drug-likeness (QED) is 0.681. The summed E-state index contributed by atoms with van der Waals surface area (Å²) in [6.45, 7) is 0.666. The normalized spacial score (nSPS) is 19.9. The van der Waals surface area contributed by atoms with E-state index in [-0.39, 0.29) is 18.9 Å². The molecule has 1 aliphatic rings. The molecule has 92 valence electrons. The predicted octanol–water partition coefficient (Wildman–Crippen LogP) is -1.29. The highest BCUT2D eigenvalue weighted by Crippen LogP contribution is 2.24. The van der Waals surface area contributed by atoms with Crippen LogP contribution in [-0.4, -0.2) is 39.9 Å². The van der Waals surface area contributed by atoms with E-state index in [4.69, 9.17) is 10.8 Å². The molecule has 1 aliphatic heterocycles. The molecule has 1 aromatic rings. The van der Waals surface area contributed by atoms with Gasteiger partial charge in [-0.2, -0.15) is 5.10 Å². The topological polar surface area (TPSA) is 101 Å². The second-order valence-electron chi connectivity index (χ2n) is 3.99. The van der Waals surface area contributed by atoms with Gasteiger partial charge in [-0.3, -0.25) is 14.3 Å². The molecule has 7 nitrogen and oxygen atoms in total.